The van der Waals surface area contributed by atoms with Gasteiger partial charge in [-0.05, 0) is 42.4 Å². The highest BCUT2D eigenvalue weighted by molar-refractivity contribution is 8.30. The van der Waals surface area contributed by atoms with Gasteiger partial charge in [-0.25, -0.2) is 0 Å². The van der Waals surface area contributed by atoms with Crippen LogP contribution in [0.4, 0.5) is 0 Å². The van der Waals surface area contributed by atoms with Crippen LogP contribution in [0, 0.1) is 0 Å². The number of ether oxygens (including phenoxy) is 1. The zero-order valence-electron chi connectivity index (χ0n) is 20.6. The van der Waals surface area contributed by atoms with Crippen LogP contribution in [0.25, 0.3) is 11.1 Å². The van der Waals surface area contributed by atoms with Crippen LogP contribution in [0.5, 0.6) is 5.75 Å². The van der Waals surface area contributed by atoms with Crippen molar-refractivity contribution in [1.29, 1.82) is 0 Å². The molecule has 0 saturated heterocycles. The number of thiol groups is 1. The first-order valence-corrected chi connectivity index (χ1v) is 13.6. The molecule has 176 valence electrons. The van der Waals surface area contributed by atoms with Crippen LogP contribution in [0.2, 0.25) is 0 Å². The number of rotatable bonds is 10. The molecule has 0 amide bonds. The summed E-state index contributed by atoms with van der Waals surface area (Å²) in [6.07, 6.45) is 4.74. The fourth-order valence-electron chi connectivity index (χ4n) is 4.53. The SMILES string of the molecule is CCCCCC1=NCC[SH]1c1c(C(C)C)nc(C(C)C)c(CO)c1-c1cccc(OC)c1. The predicted molar refractivity (Wildman–Crippen MR) is 139 cm³/mol. The molecule has 1 aromatic carbocycles. The maximum Gasteiger partial charge on any atom is 0.119 e. The van der Waals surface area contributed by atoms with Crippen LogP contribution in [0.1, 0.15) is 89.1 Å². The van der Waals surface area contributed by atoms with E-state index in [1.54, 1.807) is 7.11 Å². The number of aliphatic hydroxyl groups excluding tert-OH is 1. The number of nitrogens with zero attached hydrogens (tertiary/aromatic N) is 2. The van der Waals surface area contributed by atoms with Crippen LogP contribution in [0.15, 0.2) is 34.2 Å². The molecule has 1 unspecified atom stereocenters. The first-order chi connectivity index (χ1) is 15.4. The Balaban J connectivity index is 2.29. The third-order valence-electron chi connectivity index (χ3n) is 6.14. The van der Waals surface area contributed by atoms with Gasteiger partial charge < -0.3 is 9.84 Å². The van der Waals surface area contributed by atoms with Gasteiger partial charge in [0.15, 0.2) is 0 Å². The molecule has 0 saturated carbocycles. The monoisotopic (exact) mass is 456 g/mol. The predicted octanol–water partition coefficient (Wildman–Crippen LogP) is 6.85. The van der Waals surface area contributed by atoms with Gasteiger partial charge in [0, 0.05) is 34.0 Å². The van der Waals surface area contributed by atoms with Gasteiger partial charge in [-0.1, -0.05) is 59.6 Å². The summed E-state index contributed by atoms with van der Waals surface area (Å²) in [7, 11) is 1.16. The number of benzene rings is 1. The lowest BCUT2D eigenvalue weighted by molar-refractivity contribution is 0.279. The Bertz CT molecular complexity index is 953. The van der Waals surface area contributed by atoms with E-state index in [1.165, 1.54) is 40.5 Å². The summed E-state index contributed by atoms with van der Waals surface area (Å²) in [4.78, 5) is 11.5. The van der Waals surface area contributed by atoms with E-state index in [-0.39, 0.29) is 12.5 Å². The normalized spacial score (nSPS) is 17.3. The van der Waals surface area contributed by atoms with Crippen molar-refractivity contribution in [2.24, 2.45) is 4.99 Å². The highest BCUT2D eigenvalue weighted by Gasteiger charge is 2.30. The van der Waals surface area contributed by atoms with E-state index in [0.29, 0.717) is 5.92 Å². The number of aromatic nitrogens is 1. The van der Waals surface area contributed by atoms with E-state index < -0.39 is 10.9 Å². The second kappa shape index (κ2) is 11.3. The molecule has 0 bridgehead atoms. The molecule has 2 aromatic rings. The Morgan fingerprint density at radius 2 is 1.84 bits per heavy atom. The van der Waals surface area contributed by atoms with Crippen molar-refractivity contribution in [3.63, 3.8) is 0 Å². The minimum Gasteiger partial charge on any atom is -0.497 e. The lowest BCUT2D eigenvalue weighted by atomic mass is 9.92. The minimum atomic E-state index is -0.550. The van der Waals surface area contributed by atoms with Gasteiger partial charge in [0.25, 0.3) is 0 Å². The molecule has 4 nitrogen and oxygen atoms in total. The van der Waals surface area contributed by atoms with Gasteiger partial charge in [0.05, 0.1) is 24.5 Å². The number of pyridine rings is 1. The molecule has 3 rings (SSSR count). The summed E-state index contributed by atoms with van der Waals surface area (Å²) < 4.78 is 5.56. The van der Waals surface area contributed by atoms with Crippen molar-refractivity contribution < 1.29 is 9.84 Å². The molecule has 0 spiro atoms. The zero-order chi connectivity index (χ0) is 23.3. The highest BCUT2D eigenvalue weighted by Crippen LogP contribution is 2.52. The first kappa shape index (κ1) is 24.8. The van der Waals surface area contributed by atoms with Crippen molar-refractivity contribution in [3.05, 3.63) is 41.2 Å². The number of aliphatic hydroxyl groups is 1. The summed E-state index contributed by atoms with van der Waals surface area (Å²) in [5, 5.41) is 12.0. The standard InChI is InChI=1S/C27H40N2O2S/c1-7-8-9-13-23-28-14-15-32(23)27-24(20-11-10-12-21(16-20)31-6)22(17-30)25(18(2)3)29-26(27)19(4)5/h10-12,16,18-19,30,32H,7-9,13-15,17H2,1-6H3. The Kier molecular flexibility index (Phi) is 8.78. The zero-order valence-corrected chi connectivity index (χ0v) is 21.5. The fraction of sp³-hybridized carbons (Fsp3) is 0.556. The van der Waals surface area contributed by atoms with Gasteiger partial charge >= 0.3 is 0 Å². The Labute approximate surface area is 196 Å². The van der Waals surface area contributed by atoms with Crippen LogP contribution in [-0.4, -0.2) is 34.5 Å². The van der Waals surface area contributed by atoms with Gasteiger partial charge in [-0.2, -0.15) is 10.9 Å². The number of hydrogen-bond acceptors (Lipinski definition) is 4. The van der Waals surface area contributed by atoms with Gasteiger partial charge in [-0.15, -0.1) is 0 Å². The molecule has 1 N–H and O–H groups in total. The largest absolute Gasteiger partial charge is 0.497 e. The Morgan fingerprint density at radius 3 is 2.47 bits per heavy atom. The van der Waals surface area contributed by atoms with Crippen LogP contribution in [0.3, 0.4) is 0 Å². The molecular weight excluding hydrogens is 416 g/mol. The van der Waals surface area contributed by atoms with E-state index >= 15 is 0 Å². The topological polar surface area (TPSA) is 54.7 Å². The molecule has 0 aliphatic carbocycles. The van der Waals surface area contributed by atoms with Crippen LogP contribution < -0.4 is 4.74 Å². The van der Waals surface area contributed by atoms with Gasteiger partial charge in [0.1, 0.15) is 5.75 Å². The summed E-state index contributed by atoms with van der Waals surface area (Å²) in [5.41, 5.74) is 5.44. The molecule has 1 aliphatic heterocycles. The molecule has 0 fully saturated rings. The number of methoxy groups -OCH3 is 1. The van der Waals surface area contributed by atoms with Gasteiger partial charge in [0.2, 0.25) is 0 Å². The van der Waals surface area contributed by atoms with Crippen LogP contribution in [-0.2, 0) is 6.61 Å². The average molecular weight is 457 g/mol. The maximum atomic E-state index is 10.6. The molecule has 32 heavy (non-hydrogen) atoms. The molecule has 1 aromatic heterocycles. The highest BCUT2D eigenvalue weighted by atomic mass is 32.2. The summed E-state index contributed by atoms with van der Waals surface area (Å²) in [6.45, 7) is 12.0. The van der Waals surface area contributed by atoms with Crippen molar-refractivity contribution in [3.8, 4) is 16.9 Å². The lowest BCUT2D eigenvalue weighted by Crippen LogP contribution is -2.13. The fourth-order valence-corrected chi connectivity index (χ4v) is 7.39. The molecule has 2 heterocycles. The van der Waals surface area contributed by atoms with E-state index in [9.17, 15) is 5.11 Å². The average Bonchev–Trinajstić information content (AvgIpc) is 3.25. The molecular formula is C27H40N2O2S. The van der Waals surface area contributed by atoms with Crippen molar-refractivity contribution >= 4 is 15.9 Å². The Morgan fingerprint density at radius 1 is 1.09 bits per heavy atom. The van der Waals surface area contributed by atoms with E-state index in [0.717, 1.165) is 41.3 Å². The number of aliphatic imine (C=N–C) groups is 1. The van der Waals surface area contributed by atoms with Crippen molar-refractivity contribution in [2.45, 2.75) is 83.6 Å². The maximum absolute atomic E-state index is 10.6. The van der Waals surface area contributed by atoms with Crippen molar-refractivity contribution in [1.82, 2.24) is 4.98 Å². The molecule has 1 atom stereocenters. The summed E-state index contributed by atoms with van der Waals surface area (Å²) in [6, 6.07) is 8.27. The Hall–Kier alpha value is -1.85. The third kappa shape index (κ3) is 5.20. The number of unbranched alkanes of at least 4 members (excludes halogenated alkanes) is 2. The smallest absolute Gasteiger partial charge is 0.119 e. The molecule has 0 radical (unpaired) electrons. The lowest BCUT2D eigenvalue weighted by Gasteiger charge is -2.30. The number of hydrogen-bond donors (Lipinski definition) is 2. The van der Waals surface area contributed by atoms with E-state index in [4.69, 9.17) is 14.7 Å². The summed E-state index contributed by atoms with van der Waals surface area (Å²) in [5.74, 6) is 2.46. The van der Waals surface area contributed by atoms with E-state index in [1.807, 2.05) is 12.1 Å². The molecule has 1 aliphatic rings. The second-order valence-corrected chi connectivity index (χ2v) is 11.5. The van der Waals surface area contributed by atoms with E-state index in [2.05, 4.69) is 46.8 Å². The summed E-state index contributed by atoms with van der Waals surface area (Å²) >= 11 is 0. The molecule has 5 heteroatoms. The second-order valence-electron chi connectivity index (χ2n) is 9.19. The quantitative estimate of drug-likeness (QED) is 0.304. The minimum absolute atomic E-state index is 0.0100. The first-order valence-electron chi connectivity index (χ1n) is 12.1. The van der Waals surface area contributed by atoms with Crippen molar-refractivity contribution in [2.75, 3.05) is 19.4 Å². The van der Waals surface area contributed by atoms with Gasteiger partial charge in [-0.3, -0.25) is 9.98 Å². The third-order valence-corrected chi connectivity index (χ3v) is 8.77. The van der Waals surface area contributed by atoms with Crippen LogP contribution >= 0.6 is 10.9 Å².